The number of rotatable bonds is 5. The molecule has 0 N–H and O–H groups in total. The van der Waals surface area contributed by atoms with E-state index in [1.807, 2.05) is 6.07 Å². The molecule has 0 fully saturated rings. The van der Waals surface area contributed by atoms with Crippen LogP contribution in [-0.4, -0.2) is 9.13 Å². The molecule has 12 rings (SSSR count). The highest BCUT2D eigenvalue weighted by atomic mass is 32.1. The lowest BCUT2D eigenvalue weighted by molar-refractivity contribution is 0.768. The molecule has 3 heterocycles. The molecule has 1 aliphatic rings. The molecular weight excluding hydrogens is 723 g/mol. The predicted octanol–water partition coefficient (Wildman–Crippen LogP) is 13.8. The summed E-state index contributed by atoms with van der Waals surface area (Å²) in [7, 11) is 0. The van der Waals surface area contributed by atoms with Crippen LogP contribution in [0, 0.1) is 11.3 Å². The second kappa shape index (κ2) is 12.5. The maximum atomic E-state index is 10.2. The van der Waals surface area contributed by atoms with Crippen molar-refractivity contribution in [1.29, 1.82) is 5.26 Å². The molecule has 11 aromatic rings. The molecule has 0 aliphatic heterocycles. The van der Waals surface area contributed by atoms with E-state index in [4.69, 9.17) is 0 Å². The maximum Gasteiger partial charge on any atom is 0.125 e. The lowest BCUT2D eigenvalue weighted by Gasteiger charge is -2.34. The van der Waals surface area contributed by atoms with Crippen LogP contribution in [0.15, 0.2) is 200 Å². The first kappa shape index (κ1) is 32.8. The maximum absolute atomic E-state index is 10.2. The van der Waals surface area contributed by atoms with Gasteiger partial charge in [-0.3, -0.25) is 4.57 Å². The van der Waals surface area contributed by atoms with Crippen molar-refractivity contribution in [2.75, 3.05) is 0 Å². The van der Waals surface area contributed by atoms with Gasteiger partial charge in [0.25, 0.3) is 0 Å². The second-order valence-corrected chi connectivity index (χ2v) is 16.0. The lowest BCUT2D eigenvalue weighted by atomic mass is 9.67. The molecule has 0 saturated carbocycles. The molecule has 0 unspecified atom stereocenters. The monoisotopic (exact) mass is 755 g/mol. The highest BCUT2D eigenvalue weighted by molar-refractivity contribution is 7.13. The van der Waals surface area contributed by atoms with Crippen LogP contribution in [0.25, 0.3) is 76.6 Å². The largest absolute Gasteiger partial charge is 0.306 e. The van der Waals surface area contributed by atoms with Gasteiger partial charge in [-0.25, -0.2) is 0 Å². The first-order valence-corrected chi connectivity index (χ1v) is 20.5. The van der Waals surface area contributed by atoms with Gasteiger partial charge < -0.3 is 4.57 Å². The summed E-state index contributed by atoms with van der Waals surface area (Å²) >= 11 is 1.80. The number of hydrogen-bond acceptors (Lipinski definition) is 2. The Morgan fingerprint density at radius 3 is 1.40 bits per heavy atom. The number of nitriles is 1. The Balaban J connectivity index is 1.21. The van der Waals surface area contributed by atoms with Gasteiger partial charge in [0, 0.05) is 32.5 Å². The Labute approximate surface area is 339 Å². The van der Waals surface area contributed by atoms with E-state index < -0.39 is 5.41 Å². The summed E-state index contributed by atoms with van der Waals surface area (Å²) in [5.41, 5.74) is 15.2. The molecule has 3 nitrogen and oxygen atoms in total. The molecule has 0 radical (unpaired) electrons. The summed E-state index contributed by atoms with van der Waals surface area (Å²) in [5.74, 6) is 0. The minimum absolute atomic E-state index is 0.644. The van der Waals surface area contributed by atoms with Crippen molar-refractivity contribution in [2.45, 2.75) is 5.41 Å². The number of para-hydroxylation sites is 4. The molecular formula is C54H33N3S. The van der Waals surface area contributed by atoms with E-state index in [0.29, 0.717) is 5.56 Å². The zero-order valence-electron chi connectivity index (χ0n) is 31.3. The third-order valence-corrected chi connectivity index (χ3v) is 13.3. The van der Waals surface area contributed by atoms with Crippen LogP contribution >= 0.6 is 11.3 Å². The van der Waals surface area contributed by atoms with Crippen molar-refractivity contribution in [2.24, 2.45) is 0 Å². The third-order valence-electron chi connectivity index (χ3n) is 12.3. The van der Waals surface area contributed by atoms with Crippen LogP contribution < -0.4 is 0 Å². The van der Waals surface area contributed by atoms with E-state index in [2.05, 4.69) is 209 Å². The van der Waals surface area contributed by atoms with Crippen molar-refractivity contribution in [3.63, 3.8) is 0 Å². The Kier molecular flexibility index (Phi) is 7.08. The van der Waals surface area contributed by atoms with Crippen molar-refractivity contribution >= 4 is 54.9 Å². The average Bonchev–Trinajstić information content (AvgIpc) is 4.03. The lowest BCUT2D eigenvalue weighted by Crippen LogP contribution is -2.28. The van der Waals surface area contributed by atoms with E-state index in [9.17, 15) is 5.26 Å². The first-order chi connectivity index (χ1) is 28.8. The molecule has 0 spiro atoms. The van der Waals surface area contributed by atoms with Crippen LogP contribution in [0.5, 0.6) is 0 Å². The van der Waals surface area contributed by atoms with Crippen molar-refractivity contribution in [3.05, 3.63) is 227 Å². The van der Waals surface area contributed by atoms with Crippen LogP contribution in [0.4, 0.5) is 0 Å². The van der Waals surface area contributed by atoms with Crippen LogP contribution in [-0.2, 0) is 5.41 Å². The summed E-state index contributed by atoms with van der Waals surface area (Å²) in [6.07, 6.45) is 0. The molecule has 58 heavy (non-hydrogen) atoms. The Morgan fingerprint density at radius 2 is 0.879 bits per heavy atom. The molecule has 0 bridgehead atoms. The van der Waals surface area contributed by atoms with Crippen molar-refractivity contribution in [1.82, 2.24) is 9.13 Å². The molecule has 0 amide bonds. The smallest absolute Gasteiger partial charge is 0.125 e. The van der Waals surface area contributed by atoms with E-state index in [-0.39, 0.29) is 0 Å². The molecule has 3 aromatic heterocycles. The number of nitrogens with zero attached hydrogens (tertiary/aromatic N) is 3. The van der Waals surface area contributed by atoms with Gasteiger partial charge in [-0.1, -0.05) is 152 Å². The van der Waals surface area contributed by atoms with Gasteiger partial charge in [-0.15, -0.1) is 11.3 Å². The van der Waals surface area contributed by atoms with Crippen molar-refractivity contribution < 1.29 is 0 Å². The van der Waals surface area contributed by atoms with E-state index in [1.165, 1.54) is 76.4 Å². The van der Waals surface area contributed by atoms with Gasteiger partial charge in [0.1, 0.15) is 5.00 Å². The fourth-order valence-electron chi connectivity index (χ4n) is 9.95. The quantitative estimate of drug-likeness (QED) is 0.172. The summed E-state index contributed by atoms with van der Waals surface area (Å²) in [6, 6.07) is 72.6. The average molecular weight is 756 g/mol. The fourth-order valence-corrected chi connectivity index (χ4v) is 11.0. The zero-order valence-corrected chi connectivity index (χ0v) is 32.1. The van der Waals surface area contributed by atoms with E-state index in [1.54, 1.807) is 11.3 Å². The van der Waals surface area contributed by atoms with Crippen LogP contribution in [0.1, 0.15) is 27.8 Å². The number of hydrogen-bond donors (Lipinski definition) is 0. The summed E-state index contributed by atoms with van der Waals surface area (Å²) in [6.45, 7) is 0. The zero-order chi connectivity index (χ0) is 38.4. The van der Waals surface area contributed by atoms with Gasteiger partial charge in [0.2, 0.25) is 0 Å². The van der Waals surface area contributed by atoms with Gasteiger partial charge in [-0.2, -0.15) is 5.26 Å². The highest BCUT2D eigenvalue weighted by Gasteiger charge is 2.46. The number of benzene rings is 8. The van der Waals surface area contributed by atoms with Gasteiger partial charge in [0.05, 0.1) is 44.8 Å². The summed E-state index contributed by atoms with van der Waals surface area (Å²) in [5, 5.41) is 18.7. The normalized spacial score (nSPS) is 12.9. The molecule has 0 saturated heterocycles. The summed E-state index contributed by atoms with van der Waals surface area (Å²) in [4.78, 5) is 0. The topological polar surface area (TPSA) is 33.6 Å². The minimum Gasteiger partial charge on any atom is -0.306 e. The fraction of sp³-hybridized carbons (Fsp3) is 0.0185. The van der Waals surface area contributed by atoms with Crippen molar-refractivity contribution in [3.8, 4) is 39.0 Å². The number of thiophene rings is 1. The SMILES string of the molecule is N#Cc1ccc2c(c1)C(c1ccccc1)(c1ccccc1)c1cc(-c3csc(-n4c5ccccc5c5ccccc54)c3-n3c4ccccc4c4ccccc43)ccc1-2. The minimum atomic E-state index is -0.644. The Hall–Kier alpha value is -7.45. The standard InChI is InChI=1S/C54H33N3S/c55-33-35-27-29-39-40-30-28-36(32-47(40)54(46(39)31-35,37-15-3-1-4-16-37)38-17-5-2-6-18-38)45-34-58-53(57-50-25-13-9-21-43(50)44-22-10-14-26-51(44)57)52(45)56-48-23-11-7-19-41(48)42-20-8-12-24-49(42)56/h1-32,34H. The molecule has 270 valence electrons. The third kappa shape index (κ3) is 4.42. The summed E-state index contributed by atoms with van der Waals surface area (Å²) < 4.78 is 4.97. The van der Waals surface area contributed by atoms with E-state index in [0.717, 1.165) is 22.4 Å². The Morgan fingerprint density at radius 1 is 0.431 bits per heavy atom. The van der Waals surface area contributed by atoms with E-state index >= 15 is 0 Å². The molecule has 8 aromatic carbocycles. The number of fused-ring (bicyclic) bond motifs is 9. The van der Waals surface area contributed by atoms with Crippen LogP contribution in [0.3, 0.4) is 0 Å². The molecule has 4 heteroatoms. The van der Waals surface area contributed by atoms with Gasteiger partial charge >= 0.3 is 0 Å². The first-order valence-electron chi connectivity index (χ1n) is 19.7. The molecule has 1 aliphatic carbocycles. The molecule has 0 atom stereocenters. The Bertz CT molecular complexity index is 3320. The van der Waals surface area contributed by atoms with Crippen LogP contribution in [0.2, 0.25) is 0 Å². The predicted molar refractivity (Wildman–Crippen MR) is 240 cm³/mol. The highest BCUT2D eigenvalue weighted by Crippen LogP contribution is 2.57. The van der Waals surface area contributed by atoms with Gasteiger partial charge in [-0.05, 0) is 81.4 Å². The van der Waals surface area contributed by atoms with Gasteiger partial charge in [0.15, 0.2) is 0 Å². The second-order valence-electron chi connectivity index (χ2n) is 15.2. The number of aromatic nitrogens is 2.